The molecular formula is C18H23Cl2N3O5S. The number of aromatic nitrogens is 2. The number of benzene rings is 1. The first-order chi connectivity index (χ1) is 13.5. The van der Waals surface area contributed by atoms with Crippen LogP contribution in [0.25, 0.3) is 0 Å². The Hall–Kier alpha value is -1.97. The highest BCUT2D eigenvalue weighted by Gasteiger charge is 2.31. The van der Waals surface area contributed by atoms with Crippen molar-refractivity contribution in [2.45, 2.75) is 51.1 Å². The molecule has 0 aliphatic heterocycles. The lowest BCUT2D eigenvalue weighted by Crippen LogP contribution is -2.19. The molecule has 0 unspecified atom stereocenters. The van der Waals surface area contributed by atoms with E-state index in [1.807, 2.05) is 20.8 Å². The Balaban J connectivity index is 2.51. The van der Waals surface area contributed by atoms with E-state index in [2.05, 4.69) is 4.98 Å². The molecule has 8 nitrogen and oxygen atoms in total. The Morgan fingerprint density at radius 2 is 1.86 bits per heavy atom. The van der Waals surface area contributed by atoms with Crippen molar-refractivity contribution in [2.75, 3.05) is 6.61 Å². The fraction of sp³-hybridized carbons (Fsp3) is 0.444. The molecule has 0 saturated heterocycles. The Labute approximate surface area is 180 Å². The van der Waals surface area contributed by atoms with E-state index in [0.717, 1.165) is 0 Å². The summed E-state index contributed by atoms with van der Waals surface area (Å²) in [6, 6.07) is 4.20. The number of hydrogen-bond acceptors (Lipinski definition) is 6. The highest BCUT2D eigenvalue weighted by Crippen LogP contribution is 2.31. The predicted octanol–water partition coefficient (Wildman–Crippen LogP) is 4.13. The van der Waals surface area contributed by atoms with Gasteiger partial charge in [-0.15, -0.1) is 0 Å². The van der Waals surface area contributed by atoms with Crippen LogP contribution in [-0.4, -0.2) is 30.7 Å². The second-order valence-electron chi connectivity index (χ2n) is 6.58. The molecule has 1 aromatic carbocycles. The number of halogens is 2. The fourth-order valence-electron chi connectivity index (χ4n) is 2.77. The largest absolute Gasteiger partial charge is 0.449 e. The molecular weight excluding hydrogens is 441 g/mol. The lowest BCUT2D eigenvalue weighted by atomic mass is 10.1. The lowest BCUT2D eigenvalue weighted by molar-refractivity contribution is 0.157. The number of carbonyl (C=O) groups excluding carboxylic acids is 1. The Morgan fingerprint density at radius 1 is 1.24 bits per heavy atom. The van der Waals surface area contributed by atoms with Crippen molar-refractivity contribution >= 4 is 39.4 Å². The molecule has 2 aromatic rings. The van der Waals surface area contributed by atoms with Crippen molar-refractivity contribution < 1.29 is 22.1 Å². The minimum Gasteiger partial charge on any atom is -0.449 e. The van der Waals surface area contributed by atoms with Crippen molar-refractivity contribution in [1.82, 2.24) is 9.55 Å². The van der Waals surface area contributed by atoms with Gasteiger partial charge in [-0.2, -0.15) is 8.42 Å². The molecule has 0 saturated carbocycles. The monoisotopic (exact) mass is 463 g/mol. The second-order valence-corrected chi connectivity index (χ2v) is 8.92. The maximum Gasteiger partial charge on any atom is 0.404 e. The van der Waals surface area contributed by atoms with Crippen LogP contribution in [0.5, 0.6) is 5.75 Å². The maximum atomic E-state index is 13.2. The summed E-state index contributed by atoms with van der Waals surface area (Å²) in [6.07, 6.45) is -0.0405. The third kappa shape index (κ3) is 6.01. The van der Waals surface area contributed by atoms with Crippen molar-refractivity contribution in [3.63, 3.8) is 0 Å². The first-order valence-corrected chi connectivity index (χ1v) is 11.1. The number of carbonyl (C=O) groups is 1. The SMILES string of the molecule is CCCn1c(CCOC(N)=O)nc(C(C)C)c1S(=O)(=O)Oc1cc(Cl)cc(Cl)c1. The second kappa shape index (κ2) is 9.69. The summed E-state index contributed by atoms with van der Waals surface area (Å²) >= 11 is 11.9. The van der Waals surface area contributed by atoms with Gasteiger partial charge in [-0.05, 0) is 18.4 Å². The van der Waals surface area contributed by atoms with Gasteiger partial charge >= 0.3 is 16.2 Å². The van der Waals surface area contributed by atoms with Gasteiger partial charge in [0.15, 0.2) is 5.03 Å². The van der Waals surface area contributed by atoms with E-state index in [1.54, 1.807) is 4.57 Å². The van der Waals surface area contributed by atoms with Crippen LogP contribution >= 0.6 is 23.2 Å². The number of rotatable bonds is 9. The molecule has 1 amide bonds. The zero-order valence-electron chi connectivity index (χ0n) is 16.3. The number of ether oxygens (including phenoxy) is 1. The molecule has 1 aromatic heterocycles. The number of primary amides is 1. The molecule has 11 heteroatoms. The molecule has 0 fully saturated rings. The van der Waals surface area contributed by atoms with Crippen LogP contribution in [0.15, 0.2) is 23.2 Å². The molecule has 0 aliphatic carbocycles. The molecule has 160 valence electrons. The molecule has 2 N–H and O–H groups in total. The molecule has 1 heterocycles. The maximum absolute atomic E-state index is 13.2. The van der Waals surface area contributed by atoms with Crippen molar-refractivity contribution in [2.24, 2.45) is 5.73 Å². The van der Waals surface area contributed by atoms with Gasteiger partial charge in [-0.25, -0.2) is 9.78 Å². The van der Waals surface area contributed by atoms with Crippen LogP contribution in [0.1, 0.15) is 44.6 Å². The van der Waals surface area contributed by atoms with Crippen LogP contribution in [0, 0.1) is 0 Å². The van der Waals surface area contributed by atoms with Crippen molar-refractivity contribution in [3.05, 3.63) is 39.8 Å². The van der Waals surface area contributed by atoms with E-state index in [-0.39, 0.29) is 39.8 Å². The van der Waals surface area contributed by atoms with Gasteiger partial charge in [0.05, 0.1) is 5.69 Å². The van der Waals surface area contributed by atoms with E-state index in [4.69, 9.17) is 37.9 Å². The minimum atomic E-state index is -4.25. The third-order valence-corrected chi connectivity index (χ3v) is 5.62. The molecule has 0 aliphatic rings. The summed E-state index contributed by atoms with van der Waals surface area (Å²) in [7, 11) is -4.25. The number of nitrogens with two attached hydrogens (primary N) is 1. The zero-order chi connectivity index (χ0) is 21.8. The van der Waals surface area contributed by atoms with Crippen molar-refractivity contribution in [3.8, 4) is 5.75 Å². The molecule has 2 rings (SSSR count). The van der Waals surface area contributed by atoms with E-state index in [0.29, 0.717) is 24.5 Å². The Kier molecular flexibility index (Phi) is 7.79. The van der Waals surface area contributed by atoms with E-state index < -0.39 is 16.2 Å². The van der Waals surface area contributed by atoms with Gasteiger partial charge in [-0.1, -0.05) is 44.0 Å². The van der Waals surface area contributed by atoms with Gasteiger partial charge < -0.3 is 19.2 Å². The van der Waals surface area contributed by atoms with Gasteiger partial charge in [-0.3, -0.25) is 0 Å². The smallest absolute Gasteiger partial charge is 0.404 e. The van der Waals surface area contributed by atoms with Crippen LogP contribution in [0.2, 0.25) is 10.0 Å². The molecule has 0 radical (unpaired) electrons. The first kappa shape index (κ1) is 23.3. The van der Waals surface area contributed by atoms with Crippen LogP contribution in [0.4, 0.5) is 4.79 Å². The lowest BCUT2D eigenvalue weighted by Gasteiger charge is -2.14. The molecule has 0 atom stereocenters. The Bertz CT molecular complexity index is 969. The summed E-state index contributed by atoms with van der Waals surface area (Å²) in [4.78, 5) is 15.3. The van der Waals surface area contributed by atoms with Crippen molar-refractivity contribution in [1.29, 1.82) is 0 Å². The normalized spacial score (nSPS) is 11.7. The zero-order valence-corrected chi connectivity index (χ0v) is 18.6. The van der Waals surface area contributed by atoms with Gasteiger partial charge in [0, 0.05) is 35.1 Å². The van der Waals surface area contributed by atoms with E-state index in [9.17, 15) is 13.2 Å². The third-order valence-electron chi connectivity index (χ3n) is 3.87. The summed E-state index contributed by atoms with van der Waals surface area (Å²) in [5.41, 5.74) is 5.35. The number of hydrogen-bond donors (Lipinski definition) is 1. The van der Waals surface area contributed by atoms with Gasteiger partial charge in [0.25, 0.3) is 0 Å². The predicted molar refractivity (Wildman–Crippen MR) is 110 cm³/mol. The summed E-state index contributed by atoms with van der Waals surface area (Å²) < 4.78 is 38.0. The Morgan fingerprint density at radius 3 is 2.38 bits per heavy atom. The fourth-order valence-corrected chi connectivity index (χ4v) is 4.71. The van der Waals surface area contributed by atoms with Crippen LogP contribution in [-0.2, 0) is 27.8 Å². The van der Waals surface area contributed by atoms with E-state index >= 15 is 0 Å². The standard InChI is InChI=1S/C18H23Cl2N3O5S/c1-4-6-23-15(5-7-27-18(21)24)22-16(11(2)3)17(23)29(25,26)28-14-9-12(19)8-13(20)10-14/h8-11H,4-7H2,1-3H3,(H2,21,24). The quantitative estimate of drug-likeness (QED) is 0.559. The van der Waals surface area contributed by atoms with Gasteiger partial charge in [0.2, 0.25) is 0 Å². The highest BCUT2D eigenvalue weighted by molar-refractivity contribution is 7.87. The summed E-state index contributed by atoms with van der Waals surface area (Å²) in [5, 5.41) is 0.454. The summed E-state index contributed by atoms with van der Waals surface area (Å²) in [5.74, 6) is 0.267. The van der Waals surface area contributed by atoms with Crippen LogP contribution < -0.4 is 9.92 Å². The van der Waals surface area contributed by atoms with E-state index in [1.165, 1.54) is 18.2 Å². The number of amides is 1. The average Bonchev–Trinajstić information content (AvgIpc) is 2.93. The topological polar surface area (TPSA) is 114 Å². The average molecular weight is 464 g/mol. The summed E-state index contributed by atoms with van der Waals surface area (Å²) in [6.45, 7) is 5.94. The first-order valence-electron chi connectivity index (χ1n) is 8.97. The minimum absolute atomic E-state index is 0.0000614. The molecule has 0 spiro atoms. The molecule has 29 heavy (non-hydrogen) atoms. The number of nitrogens with zero attached hydrogens (tertiary/aromatic N) is 2. The van der Waals surface area contributed by atoms with Crippen LogP contribution in [0.3, 0.4) is 0 Å². The molecule has 0 bridgehead atoms. The highest BCUT2D eigenvalue weighted by atomic mass is 35.5. The van der Waals surface area contributed by atoms with Gasteiger partial charge in [0.1, 0.15) is 18.2 Å². The number of imidazole rings is 1.